The van der Waals surface area contributed by atoms with Gasteiger partial charge in [-0.25, -0.2) is 4.79 Å². The van der Waals surface area contributed by atoms with Crippen LogP contribution in [0, 0.1) is 0 Å². The number of amides is 2. The van der Waals surface area contributed by atoms with Crippen LogP contribution in [-0.2, 0) is 9.59 Å². The van der Waals surface area contributed by atoms with Gasteiger partial charge in [0.25, 0.3) is 5.91 Å². The van der Waals surface area contributed by atoms with Gasteiger partial charge in [0.15, 0.2) is 0 Å². The molecule has 2 heterocycles. The highest BCUT2D eigenvalue weighted by molar-refractivity contribution is 5.97. The molecular formula is C14H17N3O5. The van der Waals surface area contributed by atoms with E-state index in [4.69, 9.17) is 5.11 Å². The van der Waals surface area contributed by atoms with E-state index >= 15 is 0 Å². The van der Waals surface area contributed by atoms with Gasteiger partial charge in [0.05, 0.1) is 5.56 Å². The molecule has 3 N–H and O–H groups in total. The lowest BCUT2D eigenvalue weighted by Crippen LogP contribution is -2.50. The number of hydrogen-bond donors (Lipinski definition) is 3. The van der Waals surface area contributed by atoms with Crippen LogP contribution in [0.3, 0.4) is 0 Å². The van der Waals surface area contributed by atoms with Crippen molar-refractivity contribution in [2.75, 3.05) is 6.54 Å². The quantitative estimate of drug-likeness (QED) is 0.697. The molecule has 0 spiro atoms. The SMILES string of the molecule is C[C@H](NC(=O)c1ccc(=O)[nH]c1)C(=O)N1CCC[C@H]1C(=O)O. The Hall–Kier alpha value is -2.64. The third kappa shape index (κ3) is 3.33. The van der Waals surface area contributed by atoms with Gasteiger partial charge in [0.2, 0.25) is 11.5 Å². The van der Waals surface area contributed by atoms with Crippen LogP contribution in [0.25, 0.3) is 0 Å². The number of H-pyrrole nitrogens is 1. The van der Waals surface area contributed by atoms with Crippen molar-refractivity contribution in [2.24, 2.45) is 0 Å². The first kappa shape index (κ1) is 15.7. The van der Waals surface area contributed by atoms with E-state index in [-0.39, 0.29) is 11.1 Å². The van der Waals surface area contributed by atoms with E-state index in [1.165, 1.54) is 30.2 Å². The minimum absolute atomic E-state index is 0.218. The third-order valence-electron chi connectivity index (χ3n) is 3.59. The van der Waals surface area contributed by atoms with E-state index in [2.05, 4.69) is 10.3 Å². The summed E-state index contributed by atoms with van der Waals surface area (Å²) >= 11 is 0. The molecule has 0 bridgehead atoms. The molecule has 2 amide bonds. The Morgan fingerprint density at radius 1 is 1.41 bits per heavy atom. The highest BCUT2D eigenvalue weighted by Gasteiger charge is 2.36. The summed E-state index contributed by atoms with van der Waals surface area (Å²) in [5.41, 5.74) is -0.113. The monoisotopic (exact) mass is 307 g/mol. The Morgan fingerprint density at radius 3 is 2.73 bits per heavy atom. The summed E-state index contributed by atoms with van der Waals surface area (Å²) in [6, 6.07) is 0.878. The minimum Gasteiger partial charge on any atom is -0.480 e. The van der Waals surface area contributed by atoms with Gasteiger partial charge in [-0.2, -0.15) is 0 Å². The second-order valence-electron chi connectivity index (χ2n) is 5.16. The second-order valence-corrected chi connectivity index (χ2v) is 5.16. The van der Waals surface area contributed by atoms with Crippen molar-refractivity contribution in [3.8, 4) is 0 Å². The Balaban J connectivity index is 2.02. The molecule has 0 aromatic carbocycles. The maximum Gasteiger partial charge on any atom is 0.326 e. The molecule has 1 fully saturated rings. The van der Waals surface area contributed by atoms with Crippen molar-refractivity contribution in [3.05, 3.63) is 34.2 Å². The lowest BCUT2D eigenvalue weighted by atomic mass is 10.2. The predicted molar refractivity (Wildman–Crippen MR) is 76.4 cm³/mol. The number of aromatic amines is 1. The maximum absolute atomic E-state index is 12.3. The molecule has 8 heteroatoms. The number of aliphatic carboxylic acids is 1. The molecule has 0 saturated carbocycles. The topological polar surface area (TPSA) is 120 Å². The molecule has 2 atom stereocenters. The number of likely N-dealkylation sites (tertiary alicyclic amines) is 1. The number of nitrogens with zero attached hydrogens (tertiary/aromatic N) is 1. The Bertz CT molecular complexity index is 634. The zero-order valence-corrected chi connectivity index (χ0v) is 12.0. The first-order valence-corrected chi connectivity index (χ1v) is 6.93. The average molecular weight is 307 g/mol. The number of carbonyl (C=O) groups is 3. The van der Waals surface area contributed by atoms with Crippen molar-refractivity contribution in [1.82, 2.24) is 15.2 Å². The predicted octanol–water partition coefficient (Wildman–Crippen LogP) is -0.431. The normalized spacial score (nSPS) is 18.8. The first-order valence-electron chi connectivity index (χ1n) is 6.93. The molecular weight excluding hydrogens is 290 g/mol. The molecule has 118 valence electrons. The smallest absolute Gasteiger partial charge is 0.326 e. The summed E-state index contributed by atoms with van der Waals surface area (Å²) < 4.78 is 0. The standard InChI is InChI=1S/C14H17N3O5/c1-8(13(20)17-6-2-3-10(17)14(21)22)16-12(19)9-4-5-11(18)15-7-9/h4-5,7-8,10H,2-3,6H2,1H3,(H,15,18)(H,16,19)(H,21,22)/t8-,10-/m0/s1. The molecule has 22 heavy (non-hydrogen) atoms. The number of hydrogen-bond acceptors (Lipinski definition) is 4. The van der Waals surface area contributed by atoms with Gasteiger partial charge >= 0.3 is 5.97 Å². The lowest BCUT2D eigenvalue weighted by molar-refractivity contribution is -0.148. The van der Waals surface area contributed by atoms with Crippen molar-refractivity contribution in [2.45, 2.75) is 31.8 Å². The Kier molecular flexibility index (Phi) is 4.59. The van der Waals surface area contributed by atoms with Crippen LogP contribution in [-0.4, -0.2) is 51.4 Å². The summed E-state index contributed by atoms with van der Waals surface area (Å²) in [5.74, 6) is -1.98. The van der Waals surface area contributed by atoms with Gasteiger partial charge in [-0.15, -0.1) is 0 Å². The molecule has 0 radical (unpaired) electrons. The minimum atomic E-state index is -1.04. The van der Waals surface area contributed by atoms with Crippen LogP contribution < -0.4 is 10.9 Å². The molecule has 1 aliphatic heterocycles. The van der Waals surface area contributed by atoms with E-state index < -0.39 is 29.9 Å². The van der Waals surface area contributed by atoms with Crippen molar-refractivity contribution in [3.63, 3.8) is 0 Å². The number of carbonyl (C=O) groups excluding carboxylic acids is 2. The fourth-order valence-corrected chi connectivity index (χ4v) is 2.43. The third-order valence-corrected chi connectivity index (χ3v) is 3.59. The van der Waals surface area contributed by atoms with E-state index in [9.17, 15) is 19.2 Å². The number of carboxylic acid groups (broad SMARTS) is 1. The zero-order valence-electron chi connectivity index (χ0n) is 12.0. The van der Waals surface area contributed by atoms with Crippen molar-refractivity contribution < 1.29 is 19.5 Å². The second kappa shape index (κ2) is 6.42. The van der Waals surface area contributed by atoms with Crippen LogP contribution in [0.15, 0.2) is 23.1 Å². The summed E-state index contributed by atoms with van der Waals surface area (Å²) in [7, 11) is 0. The fourth-order valence-electron chi connectivity index (χ4n) is 2.43. The molecule has 2 rings (SSSR count). The zero-order chi connectivity index (χ0) is 16.3. The van der Waals surface area contributed by atoms with Crippen molar-refractivity contribution >= 4 is 17.8 Å². The molecule has 0 unspecified atom stereocenters. The van der Waals surface area contributed by atoms with Gasteiger partial charge in [-0.1, -0.05) is 0 Å². The highest BCUT2D eigenvalue weighted by Crippen LogP contribution is 2.18. The summed E-state index contributed by atoms with van der Waals surface area (Å²) in [6.45, 7) is 1.87. The van der Waals surface area contributed by atoms with Gasteiger partial charge in [0.1, 0.15) is 12.1 Å². The Morgan fingerprint density at radius 2 is 2.14 bits per heavy atom. The molecule has 8 nitrogen and oxygen atoms in total. The molecule has 1 aliphatic rings. The number of pyridine rings is 1. The van der Waals surface area contributed by atoms with E-state index in [1.807, 2.05) is 0 Å². The molecule has 1 saturated heterocycles. The van der Waals surface area contributed by atoms with Gasteiger partial charge in [0, 0.05) is 18.8 Å². The van der Waals surface area contributed by atoms with Crippen LogP contribution >= 0.6 is 0 Å². The summed E-state index contributed by atoms with van der Waals surface area (Å²) in [4.78, 5) is 49.9. The van der Waals surface area contributed by atoms with Crippen LogP contribution in [0.5, 0.6) is 0 Å². The fraction of sp³-hybridized carbons (Fsp3) is 0.429. The van der Waals surface area contributed by atoms with Crippen molar-refractivity contribution in [1.29, 1.82) is 0 Å². The number of carboxylic acids is 1. The molecule has 1 aromatic rings. The maximum atomic E-state index is 12.3. The van der Waals surface area contributed by atoms with E-state index in [0.29, 0.717) is 19.4 Å². The van der Waals surface area contributed by atoms with E-state index in [0.717, 1.165) is 0 Å². The average Bonchev–Trinajstić information content (AvgIpc) is 2.96. The first-order chi connectivity index (χ1) is 10.4. The van der Waals surface area contributed by atoms with E-state index in [1.54, 1.807) is 0 Å². The van der Waals surface area contributed by atoms with Crippen LogP contribution in [0.1, 0.15) is 30.1 Å². The number of rotatable bonds is 4. The molecule has 1 aromatic heterocycles. The van der Waals surface area contributed by atoms with Gasteiger partial charge in [-0.05, 0) is 25.8 Å². The largest absolute Gasteiger partial charge is 0.480 e. The molecule has 0 aliphatic carbocycles. The van der Waals surface area contributed by atoms with Crippen LogP contribution in [0.2, 0.25) is 0 Å². The number of nitrogens with one attached hydrogen (secondary N) is 2. The van der Waals surface area contributed by atoms with Crippen LogP contribution in [0.4, 0.5) is 0 Å². The lowest BCUT2D eigenvalue weighted by Gasteiger charge is -2.25. The summed E-state index contributed by atoms with van der Waals surface area (Å²) in [6.07, 6.45) is 2.30. The summed E-state index contributed by atoms with van der Waals surface area (Å²) in [5, 5.41) is 11.6. The highest BCUT2D eigenvalue weighted by atomic mass is 16.4. The van der Waals surface area contributed by atoms with Gasteiger partial charge < -0.3 is 20.3 Å². The van der Waals surface area contributed by atoms with Gasteiger partial charge in [-0.3, -0.25) is 14.4 Å². The Labute approximate surface area is 126 Å². The number of aromatic nitrogens is 1.